The van der Waals surface area contributed by atoms with Gasteiger partial charge in [0.1, 0.15) is 0 Å². The molecule has 2 aromatic carbocycles. The molecule has 96 valence electrons. The van der Waals surface area contributed by atoms with Gasteiger partial charge in [0.05, 0.1) is 5.52 Å². The van der Waals surface area contributed by atoms with Crippen molar-refractivity contribution in [2.45, 2.75) is 9.79 Å². The molecule has 3 N–H and O–H groups in total. The summed E-state index contributed by atoms with van der Waals surface area (Å²) >= 11 is 4.93. The normalized spacial score (nSPS) is 11.0. The summed E-state index contributed by atoms with van der Waals surface area (Å²) < 4.78 is 5.99. The molecule has 0 saturated heterocycles. The van der Waals surface area contributed by atoms with Crippen LogP contribution in [-0.2, 0) is 0 Å². The topological polar surface area (TPSA) is 72.0 Å². The Morgan fingerprint density at radius 1 is 1.21 bits per heavy atom. The summed E-state index contributed by atoms with van der Waals surface area (Å²) in [5.41, 5.74) is 7.68. The predicted molar refractivity (Wildman–Crippen MR) is 79.5 cm³/mol. The molecule has 4 nitrogen and oxygen atoms in total. The number of halogens is 1. The number of nitrogens with two attached hydrogens (primary N) is 1. The lowest BCUT2D eigenvalue weighted by Crippen LogP contribution is -1.93. The predicted octanol–water partition coefficient (Wildman–Crippen LogP) is 3.62. The van der Waals surface area contributed by atoms with Crippen LogP contribution < -0.4 is 11.5 Å². The Bertz CT molecular complexity index is 793. The molecular formula is C13H9BrN2O2S. The Labute approximate surface area is 121 Å². The van der Waals surface area contributed by atoms with Gasteiger partial charge in [0.15, 0.2) is 5.58 Å². The molecule has 0 amide bonds. The highest BCUT2D eigenvalue weighted by atomic mass is 79.9. The summed E-state index contributed by atoms with van der Waals surface area (Å²) in [6.45, 7) is 0. The van der Waals surface area contributed by atoms with Crippen molar-refractivity contribution >= 4 is 44.5 Å². The second kappa shape index (κ2) is 4.79. The van der Waals surface area contributed by atoms with Gasteiger partial charge in [0.2, 0.25) is 0 Å². The standard InChI is InChI=1S/C13H9BrN2O2S/c14-7-1-3-8(4-2-7)19-12-6-10-11(5-9(12)15)18-13(17)16-10/h1-6H,15H2,(H,16,17). The number of aromatic nitrogens is 1. The number of H-pyrrole nitrogens is 1. The number of rotatable bonds is 2. The fraction of sp³-hybridized carbons (Fsp3) is 0. The summed E-state index contributed by atoms with van der Waals surface area (Å²) in [5.74, 6) is -0.472. The zero-order valence-electron chi connectivity index (χ0n) is 9.64. The number of aromatic amines is 1. The molecule has 19 heavy (non-hydrogen) atoms. The largest absolute Gasteiger partial charge is 0.417 e. The Kier molecular flexibility index (Phi) is 3.12. The maximum atomic E-state index is 11.1. The van der Waals surface area contributed by atoms with Crippen LogP contribution >= 0.6 is 27.7 Å². The molecule has 1 aromatic heterocycles. The van der Waals surface area contributed by atoms with Crippen LogP contribution in [0.4, 0.5) is 5.69 Å². The van der Waals surface area contributed by atoms with Crippen molar-refractivity contribution in [2.24, 2.45) is 0 Å². The van der Waals surface area contributed by atoms with Crippen LogP contribution in [-0.4, -0.2) is 4.98 Å². The van der Waals surface area contributed by atoms with E-state index in [0.717, 1.165) is 14.3 Å². The van der Waals surface area contributed by atoms with Gasteiger partial charge in [0, 0.05) is 26.0 Å². The molecular weight excluding hydrogens is 328 g/mol. The monoisotopic (exact) mass is 336 g/mol. The lowest BCUT2D eigenvalue weighted by atomic mass is 10.3. The molecule has 1 heterocycles. The third-order valence-corrected chi connectivity index (χ3v) is 4.20. The number of benzene rings is 2. The summed E-state index contributed by atoms with van der Waals surface area (Å²) in [5, 5.41) is 0. The molecule has 0 aliphatic rings. The van der Waals surface area contributed by atoms with E-state index in [2.05, 4.69) is 20.9 Å². The SMILES string of the molecule is Nc1cc2oc(=O)[nH]c2cc1Sc1ccc(Br)cc1. The molecule has 0 aliphatic carbocycles. The summed E-state index contributed by atoms with van der Waals surface area (Å²) in [7, 11) is 0. The third-order valence-electron chi connectivity index (χ3n) is 2.59. The van der Waals surface area contributed by atoms with Gasteiger partial charge in [-0.1, -0.05) is 27.7 Å². The van der Waals surface area contributed by atoms with E-state index in [1.165, 1.54) is 11.8 Å². The Hall–Kier alpha value is -1.66. The van der Waals surface area contributed by atoms with Crippen molar-refractivity contribution in [3.8, 4) is 0 Å². The van der Waals surface area contributed by atoms with Gasteiger partial charge in [-0.15, -0.1) is 0 Å². The van der Waals surface area contributed by atoms with E-state index in [0.29, 0.717) is 16.8 Å². The van der Waals surface area contributed by atoms with Crippen LogP contribution in [0.15, 0.2) is 59.9 Å². The molecule has 0 aliphatic heterocycles. The van der Waals surface area contributed by atoms with Crippen molar-refractivity contribution < 1.29 is 4.42 Å². The summed E-state index contributed by atoms with van der Waals surface area (Å²) in [6.07, 6.45) is 0. The van der Waals surface area contributed by atoms with Crippen molar-refractivity contribution in [1.82, 2.24) is 4.98 Å². The van der Waals surface area contributed by atoms with Gasteiger partial charge in [-0.3, -0.25) is 4.98 Å². The first kappa shape index (κ1) is 12.4. The van der Waals surface area contributed by atoms with E-state index in [1.807, 2.05) is 30.3 Å². The Morgan fingerprint density at radius 3 is 2.68 bits per heavy atom. The minimum atomic E-state index is -0.472. The minimum Gasteiger partial charge on any atom is -0.408 e. The number of hydrogen-bond acceptors (Lipinski definition) is 4. The van der Waals surface area contributed by atoms with Gasteiger partial charge in [-0.2, -0.15) is 0 Å². The van der Waals surface area contributed by atoms with Gasteiger partial charge in [-0.05, 0) is 30.3 Å². The fourth-order valence-corrected chi connectivity index (χ4v) is 2.86. The van der Waals surface area contributed by atoms with Crippen LogP contribution in [0, 0.1) is 0 Å². The highest BCUT2D eigenvalue weighted by Crippen LogP contribution is 2.34. The average molecular weight is 337 g/mol. The molecule has 0 bridgehead atoms. The highest BCUT2D eigenvalue weighted by molar-refractivity contribution is 9.10. The molecule has 0 atom stereocenters. The molecule has 0 fully saturated rings. The number of anilines is 1. The molecule has 0 unspecified atom stereocenters. The van der Waals surface area contributed by atoms with E-state index < -0.39 is 5.76 Å². The fourth-order valence-electron chi connectivity index (χ4n) is 1.71. The van der Waals surface area contributed by atoms with E-state index in [9.17, 15) is 4.79 Å². The van der Waals surface area contributed by atoms with Crippen molar-refractivity contribution in [3.05, 3.63) is 51.4 Å². The van der Waals surface area contributed by atoms with Gasteiger partial charge in [-0.25, -0.2) is 4.79 Å². The van der Waals surface area contributed by atoms with E-state index in [4.69, 9.17) is 10.2 Å². The average Bonchev–Trinajstić information content (AvgIpc) is 2.72. The second-order valence-corrected chi connectivity index (χ2v) is 5.99. The van der Waals surface area contributed by atoms with Crippen molar-refractivity contribution in [1.29, 1.82) is 0 Å². The number of fused-ring (bicyclic) bond motifs is 1. The van der Waals surface area contributed by atoms with Crippen molar-refractivity contribution in [3.63, 3.8) is 0 Å². The van der Waals surface area contributed by atoms with Gasteiger partial charge >= 0.3 is 5.76 Å². The lowest BCUT2D eigenvalue weighted by molar-refractivity contribution is 0.555. The molecule has 3 rings (SSSR count). The first-order valence-electron chi connectivity index (χ1n) is 5.47. The van der Waals surface area contributed by atoms with E-state index >= 15 is 0 Å². The van der Waals surface area contributed by atoms with Gasteiger partial charge < -0.3 is 10.2 Å². The summed E-state index contributed by atoms with van der Waals surface area (Å²) in [6, 6.07) is 11.4. The quantitative estimate of drug-likeness (QED) is 0.701. The number of hydrogen-bond donors (Lipinski definition) is 2. The minimum absolute atomic E-state index is 0.472. The number of oxazole rings is 1. The van der Waals surface area contributed by atoms with Gasteiger partial charge in [0.25, 0.3) is 0 Å². The second-order valence-electron chi connectivity index (χ2n) is 3.96. The zero-order chi connectivity index (χ0) is 13.4. The Morgan fingerprint density at radius 2 is 1.95 bits per heavy atom. The smallest absolute Gasteiger partial charge is 0.408 e. The lowest BCUT2D eigenvalue weighted by Gasteiger charge is -2.05. The van der Waals surface area contributed by atoms with Crippen molar-refractivity contribution in [2.75, 3.05) is 5.73 Å². The maximum absolute atomic E-state index is 11.1. The first-order chi connectivity index (χ1) is 9.11. The molecule has 0 saturated carbocycles. The zero-order valence-corrected chi connectivity index (χ0v) is 12.0. The van der Waals surface area contributed by atoms with Crippen LogP contribution in [0.25, 0.3) is 11.1 Å². The molecule has 0 spiro atoms. The summed E-state index contributed by atoms with van der Waals surface area (Å²) in [4.78, 5) is 15.7. The van der Waals surface area contributed by atoms with Crippen LogP contribution in [0.3, 0.4) is 0 Å². The van der Waals surface area contributed by atoms with E-state index in [-0.39, 0.29) is 0 Å². The van der Waals surface area contributed by atoms with Crippen LogP contribution in [0.2, 0.25) is 0 Å². The van der Waals surface area contributed by atoms with E-state index in [1.54, 1.807) is 6.07 Å². The third kappa shape index (κ3) is 2.54. The van der Waals surface area contributed by atoms with Crippen LogP contribution in [0.1, 0.15) is 0 Å². The number of nitrogen functional groups attached to an aromatic ring is 1. The maximum Gasteiger partial charge on any atom is 0.417 e. The Balaban J connectivity index is 2.02. The molecule has 6 heteroatoms. The highest BCUT2D eigenvalue weighted by Gasteiger charge is 2.08. The number of nitrogens with one attached hydrogen (secondary N) is 1. The first-order valence-corrected chi connectivity index (χ1v) is 7.08. The molecule has 3 aromatic rings. The molecule has 0 radical (unpaired) electrons. The van der Waals surface area contributed by atoms with Crippen LogP contribution in [0.5, 0.6) is 0 Å².